The highest BCUT2D eigenvalue weighted by molar-refractivity contribution is 7.92. The SMILES string of the molecule is Cc1ccc(/C=C/S(=O)(=O)NCC(=O)O[C@H](C)C(=O)N2[C@@H](C)CCC[C@@H]2C)cc1. The summed E-state index contributed by atoms with van der Waals surface area (Å²) in [6.07, 6.45) is 3.39. The first kappa shape index (κ1) is 23.1. The molecule has 1 aliphatic rings. The molecule has 0 spiro atoms. The van der Waals surface area contributed by atoms with Gasteiger partial charge in [-0.05, 0) is 58.6 Å². The molecule has 0 radical (unpaired) electrons. The lowest BCUT2D eigenvalue weighted by atomic mass is 9.97. The summed E-state index contributed by atoms with van der Waals surface area (Å²) in [5.41, 5.74) is 1.80. The smallest absolute Gasteiger partial charge is 0.321 e. The highest BCUT2D eigenvalue weighted by atomic mass is 32.2. The number of carbonyl (C=O) groups is 2. The molecular formula is C21H30N2O5S. The van der Waals surface area contributed by atoms with Gasteiger partial charge in [0.15, 0.2) is 6.10 Å². The number of esters is 1. The number of likely N-dealkylation sites (tertiary alicyclic amines) is 1. The Morgan fingerprint density at radius 3 is 2.38 bits per heavy atom. The van der Waals surface area contributed by atoms with Gasteiger partial charge in [-0.3, -0.25) is 9.59 Å². The lowest BCUT2D eigenvalue weighted by Gasteiger charge is -2.40. The van der Waals surface area contributed by atoms with E-state index in [1.54, 1.807) is 17.0 Å². The van der Waals surface area contributed by atoms with Crippen molar-refractivity contribution in [1.29, 1.82) is 0 Å². The number of aryl methyl sites for hydroxylation is 1. The monoisotopic (exact) mass is 422 g/mol. The summed E-state index contributed by atoms with van der Waals surface area (Å²) < 4.78 is 31.4. The largest absolute Gasteiger partial charge is 0.452 e. The lowest BCUT2D eigenvalue weighted by molar-refractivity contribution is -0.161. The van der Waals surface area contributed by atoms with E-state index in [0.717, 1.165) is 35.8 Å². The minimum absolute atomic E-state index is 0.0952. The Hall–Kier alpha value is -2.19. The third-order valence-corrected chi connectivity index (χ3v) is 6.08. The molecule has 7 nitrogen and oxygen atoms in total. The van der Waals surface area contributed by atoms with Crippen molar-refractivity contribution in [3.63, 3.8) is 0 Å². The molecule has 1 aromatic carbocycles. The topological polar surface area (TPSA) is 92.8 Å². The van der Waals surface area contributed by atoms with E-state index in [-0.39, 0.29) is 18.0 Å². The minimum Gasteiger partial charge on any atom is -0.452 e. The van der Waals surface area contributed by atoms with E-state index in [1.807, 2.05) is 32.9 Å². The van der Waals surface area contributed by atoms with Gasteiger partial charge in [0.1, 0.15) is 6.54 Å². The summed E-state index contributed by atoms with van der Waals surface area (Å²) >= 11 is 0. The van der Waals surface area contributed by atoms with Crippen molar-refractivity contribution in [3.8, 4) is 0 Å². The highest BCUT2D eigenvalue weighted by Crippen LogP contribution is 2.23. The molecule has 0 bridgehead atoms. The van der Waals surface area contributed by atoms with Crippen molar-refractivity contribution in [3.05, 3.63) is 40.8 Å². The molecule has 1 amide bonds. The van der Waals surface area contributed by atoms with Crippen LogP contribution in [0, 0.1) is 6.92 Å². The molecule has 0 unspecified atom stereocenters. The molecule has 1 heterocycles. The summed E-state index contributed by atoms with van der Waals surface area (Å²) in [7, 11) is -3.81. The Morgan fingerprint density at radius 1 is 1.21 bits per heavy atom. The highest BCUT2D eigenvalue weighted by Gasteiger charge is 2.33. The first-order valence-corrected chi connectivity index (χ1v) is 11.4. The molecule has 1 saturated heterocycles. The second kappa shape index (κ2) is 10.0. The zero-order valence-corrected chi connectivity index (χ0v) is 18.2. The Kier molecular flexibility index (Phi) is 7.98. The second-order valence-corrected chi connectivity index (χ2v) is 9.24. The number of nitrogens with one attached hydrogen (secondary N) is 1. The minimum atomic E-state index is -3.81. The summed E-state index contributed by atoms with van der Waals surface area (Å²) in [6, 6.07) is 7.53. The molecule has 1 aliphatic heterocycles. The third-order valence-electron chi connectivity index (χ3n) is 5.04. The lowest BCUT2D eigenvalue weighted by Crippen LogP contribution is -2.51. The second-order valence-electron chi connectivity index (χ2n) is 7.59. The number of rotatable bonds is 7. The van der Waals surface area contributed by atoms with Crippen molar-refractivity contribution in [2.45, 2.75) is 65.1 Å². The van der Waals surface area contributed by atoms with Crippen molar-refractivity contribution in [2.75, 3.05) is 6.54 Å². The van der Waals surface area contributed by atoms with Crippen LogP contribution < -0.4 is 4.72 Å². The van der Waals surface area contributed by atoms with Gasteiger partial charge in [-0.15, -0.1) is 0 Å². The van der Waals surface area contributed by atoms with E-state index >= 15 is 0 Å². The maximum atomic E-state index is 12.6. The summed E-state index contributed by atoms with van der Waals surface area (Å²) in [6.45, 7) is 6.88. The van der Waals surface area contributed by atoms with Gasteiger partial charge in [-0.1, -0.05) is 29.8 Å². The molecule has 0 aliphatic carbocycles. The first-order valence-electron chi connectivity index (χ1n) is 9.85. The number of benzene rings is 1. The van der Waals surface area contributed by atoms with Crippen LogP contribution in [0.25, 0.3) is 6.08 Å². The van der Waals surface area contributed by atoms with Crippen LogP contribution in [0.1, 0.15) is 51.2 Å². The zero-order chi connectivity index (χ0) is 21.6. The van der Waals surface area contributed by atoms with Crippen LogP contribution >= 0.6 is 0 Å². The van der Waals surface area contributed by atoms with Crippen LogP contribution in [-0.2, 0) is 24.3 Å². The van der Waals surface area contributed by atoms with Gasteiger partial charge in [0, 0.05) is 17.5 Å². The van der Waals surface area contributed by atoms with Crippen LogP contribution in [-0.4, -0.2) is 49.9 Å². The number of amides is 1. The quantitative estimate of drug-likeness (QED) is 0.682. The fourth-order valence-corrected chi connectivity index (χ4v) is 4.16. The Bertz CT molecular complexity index is 838. The van der Waals surface area contributed by atoms with Gasteiger partial charge < -0.3 is 9.64 Å². The van der Waals surface area contributed by atoms with Crippen LogP contribution in [0.15, 0.2) is 29.7 Å². The number of hydrogen-bond donors (Lipinski definition) is 1. The van der Waals surface area contributed by atoms with E-state index in [0.29, 0.717) is 0 Å². The summed E-state index contributed by atoms with van der Waals surface area (Å²) in [5.74, 6) is -1.05. The molecule has 1 fully saturated rings. The average molecular weight is 423 g/mol. The maximum absolute atomic E-state index is 12.6. The molecular weight excluding hydrogens is 392 g/mol. The van der Waals surface area contributed by atoms with Gasteiger partial charge in [0.05, 0.1) is 0 Å². The molecule has 0 saturated carbocycles. The van der Waals surface area contributed by atoms with E-state index in [2.05, 4.69) is 4.72 Å². The van der Waals surface area contributed by atoms with Crippen LogP contribution in [0.2, 0.25) is 0 Å². The number of hydrogen-bond acceptors (Lipinski definition) is 5. The molecule has 8 heteroatoms. The van der Waals surface area contributed by atoms with Gasteiger partial charge in [-0.2, -0.15) is 0 Å². The normalized spacial score (nSPS) is 21.2. The van der Waals surface area contributed by atoms with Gasteiger partial charge in [-0.25, -0.2) is 13.1 Å². The van der Waals surface area contributed by atoms with Gasteiger partial charge in [0.25, 0.3) is 5.91 Å². The zero-order valence-electron chi connectivity index (χ0n) is 17.4. The van der Waals surface area contributed by atoms with Gasteiger partial charge in [0.2, 0.25) is 10.0 Å². The Balaban J connectivity index is 1.86. The fraction of sp³-hybridized carbons (Fsp3) is 0.524. The molecule has 29 heavy (non-hydrogen) atoms. The number of piperidine rings is 1. The molecule has 0 aromatic heterocycles. The number of carbonyl (C=O) groups excluding carboxylic acids is 2. The predicted molar refractivity (Wildman–Crippen MR) is 112 cm³/mol. The maximum Gasteiger partial charge on any atom is 0.321 e. The van der Waals surface area contributed by atoms with Gasteiger partial charge >= 0.3 is 5.97 Å². The molecule has 2 rings (SSSR count). The van der Waals surface area contributed by atoms with Crippen molar-refractivity contribution in [1.82, 2.24) is 9.62 Å². The van der Waals surface area contributed by atoms with E-state index in [9.17, 15) is 18.0 Å². The standard InChI is InChI=1S/C21H30N2O5S/c1-15-8-10-19(11-9-15)12-13-29(26,27)22-14-20(24)28-18(4)21(25)23-16(2)6-5-7-17(23)3/h8-13,16-18,22H,5-7,14H2,1-4H3/b13-12+/t16-,17-,18+/m0/s1. The molecule has 3 atom stereocenters. The van der Waals surface area contributed by atoms with Crippen molar-refractivity contribution in [2.24, 2.45) is 0 Å². The average Bonchev–Trinajstić information content (AvgIpc) is 2.66. The summed E-state index contributed by atoms with van der Waals surface area (Å²) in [5, 5.41) is 0.997. The number of sulfonamides is 1. The van der Waals surface area contributed by atoms with Crippen LogP contribution in [0.4, 0.5) is 0 Å². The Morgan fingerprint density at radius 2 is 1.79 bits per heavy atom. The van der Waals surface area contributed by atoms with Crippen LogP contribution in [0.3, 0.4) is 0 Å². The first-order chi connectivity index (χ1) is 13.6. The summed E-state index contributed by atoms with van der Waals surface area (Å²) in [4.78, 5) is 26.4. The van der Waals surface area contributed by atoms with Crippen molar-refractivity contribution < 1.29 is 22.7 Å². The predicted octanol–water partition coefficient (Wildman–Crippen LogP) is 2.61. The fourth-order valence-electron chi connectivity index (χ4n) is 3.41. The van der Waals surface area contributed by atoms with E-state index in [1.165, 1.54) is 13.0 Å². The van der Waals surface area contributed by atoms with E-state index in [4.69, 9.17) is 4.74 Å². The van der Waals surface area contributed by atoms with E-state index < -0.39 is 28.6 Å². The number of ether oxygens (including phenoxy) is 1. The van der Waals surface area contributed by atoms with Crippen molar-refractivity contribution >= 4 is 28.0 Å². The third kappa shape index (κ3) is 6.97. The molecule has 160 valence electrons. The number of nitrogens with zero attached hydrogens (tertiary/aromatic N) is 1. The molecule has 1 N–H and O–H groups in total. The Labute approximate surface area is 173 Å². The van der Waals surface area contributed by atoms with Crippen LogP contribution in [0.5, 0.6) is 0 Å². The molecule has 1 aromatic rings.